The molecule has 0 N–H and O–H groups in total. The summed E-state index contributed by atoms with van der Waals surface area (Å²) in [6, 6.07) is 0. The molecule has 0 aliphatic carbocycles. The Bertz CT molecular complexity index is 223. The predicted molar refractivity (Wildman–Crippen MR) is 79.7 cm³/mol. The topological polar surface area (TPSA) is 37.4 Å². The van der Waals surface area contributed by atoms with E-state index in [4.69, 9.17) is 0 Å². The van der Waals surface area contributed by atoms with E-state index in [1.807, 2.05) is 13.8 Å². The molecular weight excluding hydrogens is 226 g/mol. The number of rotatable bonds is 5. The zero-order chi connectivity index (χ0) is 15.0. The molecule has 3 heteroatoms. The highest BCUT2D eigenvalue weighted by atomic mass is 16.2. The highest BCUT2D eigenvalue weighted by Crippen LogP contribution is 1.95. The zero-order valence-electron chi connectivity index (χ0n) is 13.2. The van der Waals surface area contributed by atoms with Gasteiger partial charge in [-0.1, -0.05) is 40.2 Å². The van der Waals surface area contributed by atoms with Crippen molar-refractivity contribution in [3.05, 3.63) is 12.2 Å². The van der Waals surface area contributed by atoms with E-state index in [9.17, 15) is 9.59 Å². The van der Waals surface area contributed by atoms with Gasteiger partial charge in [-0.05, 0) is 26.3 Å². The van der Waals surface area contributed by atoms with Gasteiger partial charge in [0.05, 0.1) is 0 Å². The monoisotopic (exact) mass is 257 g/mol. The van der Waals surface area contributed by atoms with Crippen LogP contribution in [0, 0.1) is 0 Å². The van der Waals surface area contributed by atoms with E-state index < -0.39 is 0 Å². The summed E-state index contributed by atoms with van der Waals surface area (Å²) in [7, 11) is 1.74. The molecule has 18 heavy (non-hydrogen) atoms. The van der Waals surface area contributed by atoms with Gasteiger partial charge in [-0.25, -0.2) is 0 Å². The van der Waals surface area contributed by atoms with E-state index in [0.717, 1.165) is 6.42 Å². The normalized spacial score (nSPS) is 8.83. The molecule has 0 saturated heterocycles. The number of hydrogen-bond donors (Lipinski definition) is 0. The minimum atomic E-state index is -0.00829. The highest BCUT2D eigenvalue weighted by molar-refractivity contribution is 5.87. The van der Waals surface area contributed by atoms with Crippen molar-refractivity contribution in [1.29, 1.82) is 0 Å². The summed E-state index contributed by atoms with van der Waals surface area (Å²) in [5.41, 5.74) is 0. The first-order chi connectivity index (χ1) is 8.49. The van der Waals surface area contributed by atoms with Gasteiger partial charge in [0.1, 0.15) is 5.78 Å². The Morgan fingerprint density at radius 1 is 1.17 bits per heavy atom. The maximum Gasteiger partial charge on any atom is 0.245 e. The van der Waals surface area contributed by atoms with Gasteiger partial charge in [0.15, 0.2) is 0 Å². The molecule has 0 heterocycles. The first kappa shape index (κ1) is 22.1. The molecule has 0 spiro atoms. The number of allylic oxidation sites excluding steroid dienone is 1. The summed E-state index contributed by atoms with van der Waals surface area (Å²) in [4.78, 5) is 23.4. The molecule has 0 atom stereocenters. The molecule has 0 aromatic carbocycles. The fourth-order valence-corrected chi connectivity index (χ4v) is 0.945. The molecule has 0 radical (unpaired) electrons. The average molecular weight is 257 g/mol. The molecule has 0 aromatic rings. The second-order valence-electron chi connectivity index (χ2n) is 3.77. The maximum atomic E-state index is 11.2. The van der Waals surface area contributed by atoms with Crippen molar-refractivity contribution in [2.75, 3.05) is 13.6 Å². The second-order valence-corrected chi connectivity index (χ2v) is 3.77. The van der Waals surface area contributed by atoms with Crippen LogP contribution in [0.5, 0.6) is 0 Å². The molecule has 1 amide bonds. The summed E-state index contributed by atoms with van der Waals surface area (Å²) in [6.07, 6.45) is 5.78. The SMILES string of the molecule is C/C=C\C(=O)N(C)CCCC(C)=O.CC.CCC. The minimum absolute atomic E-state index is 0.00829. The Balaban J connectivity index is -0.000000389. The molecule has 0 aliphatic heterocycles. The van der Waals surface area contributed by atoms with Gasteiger partial charge in [-0.2, -0.15) is 0 Å². The van der Waals surface area contributed by atoms with Crippen molar-refractivity contribution in [3.8, 4) is 0 Å². The van der Waals surface area contributed by atoms with Gasteiger partial charge >= 0.3 is 0 Å². The fraction of sp³-hybridized carbons (Fsp3) is 0.733. The molecule has 0 unspecified atom stereocenters. The third-order valence-electron chi connectivity index (χ3n) is 1.71. The first-order valence-electron chi connectivity index (χ1n) is 6.86. The number of amides is 1. The van der Waals surface area contributed by atoms with E-state index in [-0.39, 0.29) is 11.7 Å². The summed E-state index contributed by atoms with van der Waals surface area (Å²) in [6.45, 7) is 12.3. The molecule has 0 fully saturated rings. The lowest BCUT2D eigenvalue weighted by Crippen LogP contribution is -2.26. The number of hydrogen-bond acceptors (Lipinski definition) is 2. The molecule has 0 rings (SSSR count). The molecular formula is C15H31NO2. The van der Waals surface area contributed by atoms with E-state index in [0.29, 0.717) is 13.0 Å². The van der Waals surface area contributed by atoms with Crippen LogP contribution in [-0.4, -0.2) is 30.2 Å². The predicted octanol–water partition coefficient (Wildman–Crippen LogP) is 3.83. The van der Waals surface area contributed by atoms with Crippen LogP contribution >= 0.6 is 0 Å². The molecule has 0 aliphatic rings. The standard InChI is InChI=1S/C10H17NO2.C3H8.C2H6/c1-4-6-10(13)11(3)8-5-7-9(2)12;1-3-2;1-2/h4,6H,5,7-8H2,1-3H3;3H2,1-2H3;1-2H3/b6-4-;;. The number of nitrogens with zero attached hydrogens (tertiary/aromatic N) is 1. The third kappa shape index (κ3) is 20.3. The Hall–Kier alpha value is -1.12. The van der Waals surface area contributed by atoms with Crippen LogP contribution in [0.2, 0.25) is 0 Å². The van der Waals surface area contributed by atoms with Crippen molar-refractivity contribution < 1.29 is 9.59 Å². The zero-order valence-corrected chi connectivity index (χ0v) is 13.2. The van der Waals surface area contributed by atoms with Gasteiger partial charge < -0.3 is 9.69 Å². The van der Waals surface area contributed by atoms with Gasteiger partial charge in [0.2, 0.25) is 5.91 Å². The smallest absolute Gasteiger partial charge is 0.245 e. The average Bonchev–Trinajstić information content (AvgIpc) is 2.32. The Labute approximate surface area is 113 Å². The molecule has 0 bridgehead atoms. The Kier molecular flexibility index (Phi) is 22.4. The molecule has 3 nitrogen and oxygen atoms in total. The first-order valence-corrected chi connectivity index (χ1v) is 6.86. The quantitative estimate of drug-likeness (QED) is 0.702. The van der Waals surface area contributed by atoms with Gasteiger partial charge in [-0.3, -0.25) is 4.79 Å². The van der Waals surface area contributed by atoms with Gasteiger partial charge in [0, 0.05) is 20.0 Å². The summed E-state index contributed by atoms with van der Waals surface area (Å²) in [5, 5.41) is 0. The summed E-state index contributed by atoms with van der Waals surface area (Å²) < 4.78 is 0. The Morgan fingerprint density at radius 2 is 1.61 bits per heavy atom. The van der Waals surface area contributed by atoms with Crippen LogP contribution in [0.25, 0.3) is 0 Å². The van der Waals surface area contributed by atoms with Crippen molar-refractivity contribution in [2.24, 2.45) is 0 Å². The number of Topliss-reactive ketones (excluding diaryl/α,β-unsaturated/α-hetero) is 1. The lowest BCUT2D eigenvalue weighted by Gasteiger charge is -2.13. The van der Waals surface area contributed by atoms with E-state index >= 15 is 0 Å². The number of carbonyl (C=O) groups excluding carboxylic acids is 2. The van der Waals surface area contributed by atoms with Crippen LogP contribution in [0.3, 0.4) is 0 Å². The second kappa shape index (κ2) is 18.3. The van der Waals surface area contributed by atoms with Gasteiger partial charge in [-0.15, -0.1) is 0 Å². The van der Waals surface area contributed by atoms with Crippen LogP contribution in [0.4, 0.5) is 0 Å². The lowest BCUT2D eigenvalue weighted by molar-refractivity contribution is -0.125. The largest absolute Gasteiger partial charge is 0.342 e. The molecule has 0 aromatic heterocycles. The number of carbonyl (C=O) groups is 2. The highest BCUT2D eigenvalue weighted by Gasteiger charge is 2.03. The minimum Gasteiger partial charge on any atom is -0.342 e. The van der Waals surface area contributed by atoms with Crippen LogP contribution in [-0.2, 0) is 9.59 Å². The lowest BCUT2D eigenvalue weighted by atomic mass is 10.2. The summed E-state index contributed by atoms with van der Waals surface area (Å²) >= 11 is 0. The number of likely N-dealkylation sites (N-methyl/N-ethyl adjacent to an activating group) is 1. The summed E-state index contributed by atoms with van der Waals surface area (Å²) in [5.74, 6) is 0.165. The van der Waals surface area contributed by atoms with Crippen molar-refractivity contribution in [3.63, 3.8) is 0 Å². The molecule has 108 valence electrons. The van der Waals surface area contributed by atoms with E-state index in [2.05, 4.69) is 13.8 Å². The fourth-order valence-electron chi connectivity index (χ4n) is 0.945. The van der Waals surface area contributed by atoms with Crippen molar-refractivity contribution >= 4 is 11.7 Å². The number of ketones is 1. The Morgan fingerprint density at radius 3 is 1.94 bits per heavy atom. The third-order valence-corrected chi connectivity index (χ3v) is 1.71. The van der Waals surface area contributed by atoms with Crippen molar-refractivity contribution in [1.82, 2.24) is 4.90 Å². The van der Waals surface area contributed by atoms with Crippen molar-refractivity contribution in [2.45, 2.75) is 60.8 Å². The van der Waals surface area contributed by atoms with E-state index in [1.54, 1.807) is 31.9 Å². The van der Waals surface area contributed by atoms with Crippen LogP contribution in [0.1, 0.15) is 60.8 Å². The van der Waals surface area contributed by atoms with Gasteiger partial charge in [0.25, 0.3) is 0 Å². The maximum absolute atomic E-state index is 11.2. The van der Waals surface area contributed by atoms with Crippen LogP contribution in [0.15, 0.2) is 12.2 Å². The van der Waals surface area contributed by atoms with E-state index in [1.165, 1.54) is 12.5 Å². The van der Waals surface area contributed by atoms with Crippen LogP contribution < -0.4 is 0 Å². The molecule has 0 saturated carbocycles.